The number of non-ortho nitro benzene ring substituents is 1. The Morgan fingerprint density at radius 1 is 1.15 bits per heavy atom. The maximum Gasteiger partial charge on any atom is 0.325 e. The number of imide groups is 1. The van der Waals surface area contributed by atoms with Crippen LogP contribution >= 0.6 is 0 Å². The average Bonchev–Trinajstić information content (AvgIpc) is 3.20. The average molecular weight is 369 g/mol. The van der Waals surface area contributed by atoms with Crippen LogP contribution in [0.4, 0.5) is 10.5 Å². The third-order valence-corrected chi connectivity index (χ3v) is 4.71. The second-order valence-corrected chi connectivity index (χ2v) is 6.44. The van der Waals surface area contributed by atoms with Crippen molar-refractivity contribution in [2.45, 2.75) is 19.0 Å². The fourth-order valence-electron chi connectivity index (χ4n) is 3.17. The van der Waals surface area contributed by atoms with Crippen LogP contribution in [0.25, 0.3) is 0 Å². The topological polar surface area (TPSA) is 111 Å². The lowest BCUT2D eigenvalue weighted by molar-refractivity contribution is -0.384. The van der Waals surface area contributed by atoms with Gasteiger partial charge in [-0.15, -0.1) is 0 Å². The Kier molecular flexibility index (Phi) is 3.72. The van der Waals surface area contributed by atoms with Gasteiger partial charge in [0, 0.05) is 12.1 Å². The summed E-state index contributed by atoms with van der Waals surface area (Å²) in [5.41, 5.74) is -0.186. The molecule has 0 bridgehead atoms. The maximum absolute atomic E-state index is 12.9. The van der Waals surface area contributed by atoms with Gasteiger partial charge in [0.1, 0.15) is 5.54 Å². The summed E-state index contributed by atoms with van der Waals surface area (Å²) in [6, 6.07) is 10.2. The third kappa shape index (κ3) is 2.73. The molecule has 0 radical (unpaired) electrons. The molecular formula is C18H15N3O6. The van der Waals surface area contributed by atoms with Gasteiger partial charge < -0.3 is 14.8 Å². The molecule has 0 aliphatic carbocycles. The number of nitrogens with zero attached hydrogens (tertiary/aromatic N) is 2. The van der Waals surface area contributed by atoms with Crippen LogP contribution in [-0.2, 0) is 16.9 Å². The van der Waals surface area contributed by atoms with E-state index in [9.17, 15) is 19.7 Å². The summed E-state index contributed by atoms with van der Waals surface area (Å²) in [5, 5.41) is 13.5. The Balaban J connectivity index is 1.58. The van der Waals surface area contributed by atoms with Crippen molar-refractivity contribution in [2.24, 2.45) is 0 Å². The second-order valence-electron chi connectivity index (χ2n) is 6.44. The van der Waals surface area contributed by atoms with E-state index in [0.717, 1.165) is 10.5 Å². The summed E-state index contributed by atoms with van der Waals surface area (Å²) in [5.74, 6) is 0.753. The summed E-state index contributed by atoms with van der Waals surface area (Å²) in [7, 11) is 0. The molecule has 1 N–H and O–H groups in total. The molecule has 9 nitrogen and oxygen atoms in total. The largest absolute Gasteiger partial charge is 0.454 e. The number of hydrogen-bond acceptors (Lipinski definition) is 6. The number of benzene rings is 2. The van der Waals surface area contributed by atoms with E-state index in [1.165, 1.54) is 24.3 Å². The van der Waals surface area contributed by atoms with Gasteiger partial charge >= 0.3 is 6.03 Å². The highest BCUT2D eigenvalue weighted by atomic mass is 16.7. The number of carbonyl (C=O) groups is 2. The first-order valence-corrected chi connectivity index (χ1v) is 8.16. The molecule has 1 saturated heterocycles. The smallest absolute Gasteiger partial charge is 0.325 e. The summed E-state index contributed by atoms with van der Waals surface area (Å²) >= 11 is 0. The molecule has 2 aliphatic heterocycles. The molecule has 0 spiro atoms. The molecule has 2 aromatic rings. The highest BCUT2D eigenvalue weighted by Crippen LogP contribution is 2.34. The minimum Gasteiger partial charge on any atom is -0.454 e. The van der Waals surface area contributed by atoms with Crippen LogP contribution < -0.4 is 14.8 Å². The van der Waals surface area contributed by atoms with Gasteiger partial charge in [-0.2, -0.15) is 0 Å². The summed E-state index contributed by atoms with van der Waals surface area (Å²) in [6.45, 7) is 1.79. The lowest BCUT2D eigenvalue weighted by Gasteiger charge is -2.22. The van der Waals surface area contributed by atoms with Gasteiger partial charge in [0.05, 0.1) is 11.5 Å². The number of amides is 3. The molecule has 0 unspecified atom stereocenters. The molecule has 1 fully saturated rings. The van der Waals surface area contributed by atoms with E-state index >= 15 is 0 Å². The van der Waals surface area contributed by atoms with E-state index in [-0.39, 0.29) is 19.0 Å². The summed E-state index contributed by atoms with van der Waals surface area (Å²) in [6.07, 6.45) is 0. The molecule has 138 valence electrons. The standard InChI is InChI=1S/C18H15N3O6/c1-18(12-3-5-13(6-4-12)21(24)25)16(22)20(17(23)19-18)9-11-2-7-14-15(8-11)27-10-26-14/h2-8H,9-10H2,1H3,(H,19,23)/t18-/m1/s1. The SMILES string of the molecule is C[C@]1(c2ccc([N+](=O)[O-])cc2)NC(=O)N(Cc2ccc3c(c2)OCO3)C1=O. The Hall–Kier alpha value is -3.62. The van der Waals surface area contributed by atoms with Crippen LogP contribution in [-0.4, -0.2) is 28.6 Å². The molecule has 3 amide bonds. The lowest BCUT2D eigenvalue weighted by atomic mass is 9.92. The quantitative estimate of drug-likeness (QED) is 0.503. The van der Waals surface area contributed by atoms with Crippen LogP contribution in [0.1, 0.15) is 18.1 Å². The molecule has 1 atom stereocenters. The Morgan fingerprint density at radius 2 is 1.85 bits per heavy atom. The van der Waals surface area contributed by atoms with Crippen LogP contribution in [0.3, 0.4) is 0 Å². The van der Waals surface area contributed by atoms with Gasteiger partial charge in [0.2, 0.25) is 6.79 Å². The van der Waals surface area contributed by atoms with Gasteiger partial charge in [-0.05, 0) is 42.3 Å². The molecule has 2 aromatic carbocycles. The summed E-state index contributed by atoms with van der Waals surface area (Å²) in [4.78, 5) is 36.8. The minimum absolute atomic E-state index is 0.0733. The van der Waals surface area contributed by atoms with Crippen molar-refractivity contribution >= 4 is 17.6 Å². The van der Waals surface area contributed by atoms with Gasteiger partial charge in [0.25, 0.3) is 11.6 Å². The second kappa shape index (κ2) is 5.97. The Morgan fingerprint density at radius 3 is 2.56 bits per heavy atom. The van der Waals surface area contributed by atoms with Gasteiger partial charge in [-0.1, -0.05) is 6.07 Å². The number of nitrogens with one attached hydrogen (secondary N) is 1. The van der Waals surface area contributed by atoms with Crippen molar-refractivity contribution in [2.75, 3.05) is 6.79 Å². The van der Waals surface area contributed by atoms with Crippen molar-refractivity contribution in [3.8, 4) is 11.5 Å². The number of ether oxygens (including phenoxy) is 2. The van der Waals surface area contributed by atoms with Crippen molar-refractivity contribution in [3.05, 3.63) is 63.7 Å². The van der Waals surface area contributed by atoms with Crippen molar-refractivity contribution < 1.29 is 24.0 Å². The van der Waals surface area contributed by atoms with Crippen LogP contribution in [0.15, 0.2) is 42.5 Å². The van der Waals surface area contributed by atoms with E-state index in [1.54, 1.807) is 25.1 Å². The molecular weight excluding hydrogens is 354 g/mol. The molecule has 27 heavy (non-hydrogen) atoms. The predicted molar refractivity (Wildman–Crippen MR) is 92.1 cm³/mol. The zero-order valence-corrected chi connectivity index (χ0v) is 14.3. The van der Waals surface area contributed by atoms with Crippen molar-refractivity contribution in [1.29, 1.82) is 0 Å². The van der Waals surface area contributed by atoms with Crippen LogP contribution in [0.2, 0.25) is 0 Å². The van der Waals surface area contributed by atoms with Crippen LogP contribution in [0, 0.1) is 10.1 Å². The maximum atomic E-state index is 12.9. The zero-order valence-electron chi connectivity index (χ0n) is 14.3. The Bertz CT molecular complexity index is 958. The van der Waals surface area contributed by atoms with Gasteiger partial charge in [-0.3, -0.25) is 19.8 Å². The van der Waals surface area contributed by atoms with E-state index in [0.29, 0.717) is 17.1 Å². The molecule has 4 rings (SSSR count). The number of urea groups is 1. The number of nitro groups is 1. The molecule has 2 aliphatic rings. The molecule has 0 aromatic heterocycles. The Labute approximate surface area is 153 Å². The number of fused-ring (bicyclic) bond motifs is 1. The number of hydrogen-bond donors (Lipinski definition) is 1. The minimum atomic E-state index is -1.29. The fraction of sp³-hybridized carbons (Fsp3) is 0.222. The van der Waals surface area contributed by atoms with Gasteiger partial charge in [-0.25, -0.2) is 4.79 Å². The predicted octanol–water partition coefficient (Wildman–Crippen LogP) is 2.29. The molecule has 2 heterocycles. The monoisotopic (exact) mass is 369 g/mol. The molecule has 9 heteroatoms. The lowest BCUT2D eigenvalue weighted by Crippen LogP contribution is -2.40. The highest BCUT2D eigenvalue weighted by Gasteiger charge is 2.49. The number of nitro benzene ring substituents is 1. The van der Waals surface area contributed by atoms with E-state index in [4.69, 9.17) is 9.47 Å². The first-order chi connectivity index (χ1) is 12.9. The van der Waals surface area contributed by atoms with E-state index in [1.807, 2.05) is 0 Å². The molecule has 0 saturated carbocycles. The summed E-state index contributed by atoms with van der Waals surface area (Å²) < 4.78 is 10.6. The number of rotatable bonds is 4. The van der Waals surface area contributed by atoms with E-state index in [2.05, 4.69) is 5.32 Å². The first-order valence-electron chi connectivity index (χ1n) is 8.16. The van der Waals surface area contributed by atoms with E-state index < -0.39 is 22.4 Å². The third-order valence-electron chi connectivity index (χ3n) is 4.71. The van der Waals surface area contributed by atoms with Crippen molar-refractivity contribution in [1.82, 2.24) is 10.2 Å². The van der Waals surface area contributed by atoms with Crippen molar-refractivity contribution in [3.63, 3.8) is 0 Å². The highest BCUT2D eigenvalue weighted by molar-refractivity contribution is 6.07. The number of carbonyl (C=O) groups excluding carboxylic acids is 2. The normalized spacial score (nSPS) is 20.7. The first kappa shape index (κ1) is 16.8. The van der Waals surface area contributed by atoms with Gasteiger partial charge in [0.15, 0.2) is 11.5 Å². The fourth-order valence-corrected chi connectivity index (χ4v) is 3.17. The van der Waals surface area contributed by atoms with Crippen LogP contribution in [0.5, 0.6) is 11.5 Å². The zero-order chi connectivity index (χ0) is 19.2.